The molecule has 5 heteroatoms. The summed E-state index contributed by atoms with van der Waals surface area (Å²) in [5, 5.41) is 9.51. The molecule has 0 N–H and O–H groups in total. The Morgan fingerprint density at radius 2 is 1.91 bits per heavy atom. The second-order valence-corrected chi connectivity index (χ2v) is 4.92. The predicted octanol–water partition coefficient (Wildman–Crippen LogP) is 3.76. The molecule has 2 aromatic rings. The van der Waals surface area contributed by atoms with Crippen LogP contribution in [0, 0.1) is 11.3 Å². The van der Waals surface area contributed by atoms with Crippen LogP contribution in [0.25, 0.3) is 0 Å². The van der Waals surface area contributed by atoms with Crippen molar-refractivity contribution in [1.82, 2.24) is 0 Å². The maximum absolute atomic E-state index is 12.0. The first-order valence-electron chi connectivity index (χ1n) is 6.74. The third-order valence-electron chi connectivity index (χ3n) is 2.86. The molecule has 2 rings (SSSR count). The first-order chi connectivity index (χ1) is 10.6. The molecule has 0 saturated carbocycles. The molecule has 0 amide bonds. The van der Waals surface area contributed by atoms with Crippen molar-refractivity contribution >= 4 is 17.6 Å². The Labute approximate surface area is 133 Å². The zero-order valence-electron chi connectivity index (χ0n) is 12.0. The van der Waals surface area contributed by atoms with Crippen LogP contribution in [0.2, 0.25) is 5.02 Å². The van der Waals surface area contributed by atoms with Crippen LogP contribution in [0.3, 0.4) is 0 Å². The van der Waals surface area contributed by atoms with Gasteiger partial charge in [0.25, 0.3) is 0 Å². The molecule has 22 heavy (non-hydrogen) atoms. The topological polar surface area (TPSA) is 59.3 Å². The van der Waals surface area contributed by atoms with Gasteiger partial charge in [-0.3, -0.25) is 4.79 Å². The van der Waals surface area contributed by atoms with Crippen LogP contribution in [0.15, 0.2) is 42.5 Å². The summed E-state index contributed by atoms with van der Waals surface area (Å²) < 4.78 is 10.7. The Kier molecular flexibility index (Phi) is 5.40. The second-order valence-electron chi connectivity index (χ2n) is 4.48. The summed E-state index contributed by atoms with van der Waals surface area (Å²) in [5.41, 5.74) is 1.25. The second kappa shape index (κ2) is 7.48. The lowest BCUT2D eigenvalue weighted by molar-refractivity contribution is -0.133. The van der Waals surface area contributed by atoms with Gasteiger partial charge in [0.05, 0.1) is 24.7 Å². The predicted molar refractivity (Wildman–Crippen MR) is 83.1 cm³/mol. The van der Waals surface area contributed by atoms with Crippen molar-refractivity contribution in [2.45, 2.75) is 13.3 Å². The van der Waals surface area contributed by atoms with Crippen molar-refractivity contribution in [3.8, 4) is 17.6 Å². The Hall–Kier alpha value is -2.51. The highest BCUT2D eigenvalue weighted by Gasteiger charge is 2.12. The van der Waals surface area contributed by atoms with Gasteiger partial charge in [-0.2, -0.15) is 5.26 Å². The quantitative estimate of drug-likeness (QED) is 0.622. The van der Waals surface area contributed by atoms with Gasteiger partial charge in [-0.1, -0.05) is 23.7 Å². The minimum atomic E-state index is -0.409. The molecule has 4 nitrogen and oxygen atoms in total. The number of esters is 1. The van der Waals surface area contributed by atoms with Crippen molar-refractivity contribution in [3.05, 3.63) is 58.6 Å². The highest BCUT2D eigenvalue weighted by atomic mass is 35.5. The van der Waals surface area contributed by atoms with Crippen molar-refractivity contribution in [2.75, 3.05) is 6.61 Å². The van der Waals surface area contributed by atoms with E-state index in [1.807, 2.05) is 13.0 Å². The largest absolute Gasteiger partial charge is 0.490 e. The molecule has 0 radical (unpaired) electrons. The number of halogens is 1. The van der Waals surface area contributed by atoms with Crippen molar-refractivity contribution in [2.24, 2.45) is 0 Å². The molecule has 0 heterocycles. The zero-order chi connectivity index (χ0) is 15.9. The van der Waals surface area contributed by atoms with Crippen LogP contribution in [-0.4, -0.2) is 12.6 Å². The molecule has 0 saturated heterocycles. The molecule has 0 aliphatic carbocycles. The molecule has 0 spiro atoms. The average Bonchev–Trinajstić information content (AvgIpc) is 2.51. The molecule has 0 atom stereocenters. The Morgan fingerprint density at radius 1 is 1.18 bits per heavy atom. The van der Waals surface area contributed by atoms with Crippen LogP contribution in [0.4, 0.5) is 0 Å². The summed E-state index contributed by atoms with van der Waals surface area (Å²) in [7, 11) is 0. The van der Waals surface area contributed by atoms with Gasteiger partial charge in [-0.15, -0.1) is 0 Å². The molecular weight excluding hydrogens is 302 g/mol. The van der Waals surface area contributed by atoms with E-state index in [0.29, 0.717) is 28.7 Å². The fourth-order valence-corrected chi connectivity index (χ4v) is 1.98. The van der Waals surface area contributed by atoms with Gasteiger partial charge in [-0.25, -0.2) is 0 Å². The number of hydrogen-bond acceptors (Lipinski definition) is 4. The van der Waals surface area contributed by atoms with Crippen LogP contribution in [0.1, 0.15) is 18.1 Å². The standard InChI is InChI=1S/C17H14ClNO3/c1-2-21-16-9-13(11-19)5-8-15(16)22-17(20)10-12-3-6-14(18)7-4-12/h3-9H,2,10H2,1H3. The van der Waals surface area contributed by atoms with Gasteiger partial charge in [0.15, 0.2) is 11.5 Å². The number of benzene rings is 2. The van der Waals surface area contributed by atoms with Gasteiger partial charge >= 0.3 is 5.97 Å². The van der Waals surface area contributed by atoms with Gasteiger partial charge in [0, 0.05) is 11.1 Å². The zero-order valence-corrected chi connectivity index (χ0v) is 12.8. The molecule has 0 unspecified atom stereocenters. The van der Waals surface area contributed by atoms with Gasteiger partial charge < -0.3 is 9.47 Å². The monoisotopic (exact) mass is 315 g/mol. The number of rotatable bonds is 5. The molecule has 112 valence electrons. The molecule has 0 aliphatic heterocycles. The fraction of sp³-hybridized carbons (Fsp3) is 0.176. The van der Waals surface area contributed by atoms with E-state index in [1.165, 1.54) is 0 Å². The van der Waals surface area contributed by atoms with Gasteiger partial charge in [-0.05, 0) is 36.8 Å². The van der Waals surface area contributed by atoms with Crippen LogP contribution < -0.4 is 9.47 Å². The summed E-state index contributed by atoms with van der Waals surface area (Å²) in [4.78, 5) is 12.0. The highest BCUT2D eigenvalue weighted by Crippen LogP contribution is 2.28. The Morgan fingerprint density at radius 3 is 2.55 bits per heavy atom. The number of carbonyl (C=O) groups is 1. The van der Waals surface area contributed by atoms with Crippen LogP contribution in [-0.2, 0) is 11.2 Å². The van der Waals surface area contributed by atoms with E-state index < -0.39 is 5.97 Å². The number of nitriles is 1. The van der Waals surface area contributed by atoms with Gasteiger partial charge in [0.2, 0.25) is 0 Å². The fourth-order valence-electron chi connectivity index (χ4n) is 1.86. The van der Waals surface area contributed by atoms with E-state index in [-0.39, 0.29) is 6.42 Å². The molecule has 2 aromatic carbocycles. The molecular formula is C17H14ClNO3. The molecule has 0 bridgehead atoms. The summed E-state index contributed by atoms with van der Waals surface area (Å²) in [6.45, 7) is 2.23. The van der Waals surface area contributed by atoms with Crippen LogP contribution in [0.5, 0.6) is 11.5 Å². The Bertz CT molecular complexity index is 705. The third-order valence-corrected chi connectivity index (χ3v) is 3.11. The third kappa shape index (κ3) is 4.24. The Balaban J connectivity index is 2.10. The smallest absolute Gasteiger partial charge is 0.315 e. The highest BCUT2D eigenvalue weighted by molar-refractivity contribution is 6.30. The molecule has 0 aromatic heterocycles. The van der Waals surface area contributed by atoms with E-state index in [0.717, 1.165) is 5.56 Å². The number of ether oxygens (including phenoxy) is 2. The lowest BCUT2D eigenvalue weighted by Crippen LogP contribution is -2.12. The lowest BCUT2D eigenvalue weighted by Gasteiger charge is -2.10. The lowest BCUT2D eigenvalue weighted by atomic mass is 10.1. The summed E-state index contributed by atoms with van der Waals surface area (Å²) >= 11 is 5.80. The minimum Gasteiger partial charge on any atom is -0.490 e. The first kappa shape index (κ1) is 15.9. The van der Waals surface area contributed by atoms with Crippen molar-refractivity contribution in [1.29, 1.82) is 5.26 Å². The van der Waals surface area contributed by atoms with E-state index in [9.17, 15) is 4.79 Å². The van der Waals surface area contributed by atoms with Crippen molar-refractivity contribution in [3.63, 3.8) is 0 Å². The summed E-state index contributed by atoms with van der Waals surface area (Å²) in [6.07, 6.45) is 0.128. The molecule has 0 fully saturated rings. The number of nitrogens with zero attached hydrogens (tertiary/aromatic N) is 1. The summed E-state index contributed by atoms with van der Waals surface area (Å²) in [6, 6.07) is 13.7. The normalized spacial score (nSPS) is 9.86. The maximum atomic E-state index is 12.0. The van der Waals surface area contributed by atoms with Gasteiger partial charge in [0.1, 0.15) is 0 Å². The van der Waals surface area contributed by atoms with Crippen molar-refractivity contribution < 1.29 is 14.3 Å². The first-order valence-corrected chi connectivity index (χ1v) is 7.12. The maximum Gasteiger partial charge on any atom is 0.315 e. The number of hydrogen-bond donors (Lipinski definition) is 0. The average molecular weight is 316 g/mol. The minimum absolute atomic E-state index is 0.128. The van der Waals surface area contributed by atoms with E-state index in [2.05, 4.69) is 0 Å². The van der Waals surface area contributed by atoms with Crippen LogP contribution >= 0.6 is 11.6 Å². The van der Waals surface area contributed by atoms with E-state index in [1.54, 1.807) is 42.5 Å². The van der Waals surface area contributed by atoms with E-state index >= 15 is 0 Å². The SMILES string of the molecule is CCOc1cc(C#N)ccc1OC(=O)Cc1ccc(Cl)cc1. The van der Waals surface area contributed by atoms with E-state index in [4.69, 9.17) is 26.3 Å². The number of carbonyl (C=O) groups excluding carboxylic acids is 1. The summed E-state index contributed by atoms with van der Waals surface area (Å²) in [5.74, 6) is 0.277. The molecule has 0 aliphatic rings.